The Kier molecular flexibility index (Phi) is 4.88. The van der Waals surface area contributed by atoms with E-state index >= 15 is 0 Å². The number of esters is 1. The number of hydrogen-bond donors (Lipinski definition) is 1. The Bertz CT molecular complexity index is 638. The summed E-state index contributed by atoms with van der Waals surface area (Å²) in [6.07, 6.45) is 4.01. The number of benzene rings is 1. The normalized spacial score (nSPS) is 10.4. The van der Waals surface area contributed by atoms with Crippen molar-refractivity contribution >= 4 is 43.5 Å². The molecule has 0 fully saturated rings. The largest absolute Gasteiger partial charge is 0.465 e. The molecule has 0 atom stereocenters. The lowest BCUT2D eigenvalue weighted by atomic mass is 10.1. The molecular weight excluding hydrogens is 388 g/mol. The van der Waals surface area contributed by atoms with Crippen molar-refractivity contribution < 1.29 is 9.53 Å². The molecule has 0 aliphatic heterocycles. The predicted molar refractivity (Wildman–Crippen MR) is 85.9 cm³/mol. The quantitative estimate of drug-likeness (QED) is 0.788. The van der Waals surface area contributed by atoms with E-state index in [9.17, 15) is 4.79 Å². The third-order valence-electron chi connectivity index (χ3n) is 2.82. The van der Waals surface area contributed by atoms with Crippen LogP contribution >= 0.6 is 31.9 Å². The number of rotatable bonds is 4. The van der Waals surface area contributed by atoms with Crippen molar-refractivity contribution in [2.45, 2.75) is 6.54 Å². The number of ether oxygens (including phenoxy) is 1. The van der Waals surface area contributed by atoms with Gasteiger partial charge in [-0.2, -0.15) is 0 Å². The highest BCUT2D eigenvalue weighted by Gasteiger charge is 2.16. The van der Waals surface area contributed by atoms with Gasteiger partial charge < -0.3 is 14.6 Å². The van der Waals surface area contributed by atoms with Crippen LogP contribution in [0.5, 0.6) is 0 Å². The van der Waals surface area contributed by atoms with E-state index in [1.165, 1.54) is 7.11 Å². The standard InChI is InChI=1S/C14H14Br2N2O2/c1-18-4-3-9(8-18)7-17-13-11(14(19)20-2)5-10(15)6-12(13)16/h3-6,8,17H,7H2,1-2H3. The number of methoxy groups -OCH3 is 1. The van der Waals surface area contributed by atoms with E-state index in [0.717, 1.165) is 20.2 Å². The van der Waals surface area contributed by atoms with Gasteiger partial charge in [0, 0.05) is 34.9 Å². The number of aryl methyl sites for hydroxylation is 1. The van der Waals surface area contributed by atoms with Crippen LogP contribution in [0.4, 0.5) is 5.69 Å². The fourth-order valence-electron chi connectivity index (χ4n) is 1.88. The minimum atomic E-state index is -0.373. The Morgan fingerprint density at radius 1 is 1.40 bits per heavy atom. The number of carbonyl (C=O) groups is 1. The second-order valence-electron chi connectivity index (χ2n) is 4.34. The molecule has 1 heterocycles. The summed E-state index contributed by atoms with van der Waals surface area (Å²) in [4.78, 5) is 11.8. The maximum atomic E-state index is 11.8. The third kappa shape index (κ3) is 3.43. The van der Waals surface area contributed by atoms with Gasteiger partial charge in [0.1, 0.15) is 0 Å². The topological polar surface area (TPSA) is 43.3 Å². The minimum absolute atomic E-state index is 0.373. The van der Waals surface area contributed by atoms with E-state index in [0.29, 0.717) is 12.1 Å². The van der Waals surface area contributed by atoms with Gasteiger partial charge in [-0.3, -0.25) is 0 Å². The van der Waals surface area contributed by atoms with Gasteiger partial charge in [0.15, 0.2) is 0 Å². The maximum Gasteiger partial charge on any atom is 0.340 e. The fraction of sp³-hybridized carbons (Fsp3) is 0.214. The van der Waals surface area contributed by atoms with Crippen molar-refractivity contribution in [3.05, 3.63) is 50.7 Å². The molecule has 106 valence electrons. The van der Waals surface area contributed by atoms with Crippen LogP contribution in [-0.4, -0.2) is 17.6 Å². The van der Waals surface area contributed by atoms with E-state index in [1.54, 1.807) is 6.07 Å². The fourth-order valence-corrected chi connectivity index (χ4v) is 3.25. The number of nitrogens with zero attached hydrogens (tertiary/aromatic N) is 1. The molecule has 1 aromatic carbocycles. The minimum Gasteiger partial charge on any atom is -0.465 e. The Morgan fingerprint density at radius 3 is 2.75 bits per heavy atom. The van der Waals surface area contributed by atoms with Crippen LogP contribution in [0.15, 0.2) is 39.5 Å². The third-order valence-corrected chi connectivity index (χ3v) is 3.91. The highest BCUT2D eigenvalue weighted by molar-refractivity contribution is 9.11. The van der Waals surface area contributed by atoms with E-state index in [1.807, 2.05) is 36.1 Å². The molecule has 4 nitrogen and oxygen atoms in total. The van der Waals surface area contributed by atoms with Gasteiger partial charge in [-0.15, -0.1) is 0 Å². The average Bonchev–Trinajstić information content (AvgIpc) is 2.81. The molecule has 1 aromatic heterocycles. The molecule has 0 aliphatic carbocycles. The first-order valence-corrected chi connectivity index (χ1v) is 7.52. The molecule has 0 spiro atoms. The molecule has 0 saturated heterocycles. The zero-order valence-electron chi connectivity index (χ0n) is 11.1. The number of anilines is 1. The number of hydrogen-bond acceptors (Lipinski definition) is 3. The van der Waals surface area contributed by atoms with Crippen LogP contribution in [0.3, 0.4) is 0 Å². The molecule has 0 aliphatic rings. The summed E-state index contributed by atoms with van der Waals surface area (Å²) >= 11 is 6.84. The zero-order chi connectivity index (χ0) is 14.7. The van der Waals surface area contributed by atoms with Crippen LogP contribution in [-0.2, 0) is 18.3 Å². The van der Waals surface area contributed by atoms with Crippen LogP contribution in [0.1, 0.15) is 15.9 Å². The van der Waals surface area contributed by atoms with Crippen molar-refractivity contribution in [2.24, 2.45) is 7.05 Å². The van der Waals surface area contributed by atoms with Crippen molar-refractivity contribution in [2.75, 3.05) is 12.4 Å². The molecule has 0 saturated carbocycles. The Balaban J connectivity index is 2.27. The molecule has 2 aromatic rings. The van der Waals surface area contributed by atoms with Crippen molar-refractivity contribution in [3.63, 3.8) is 0 Å². The van der Waals surface area contributed by atoms with Gasteiger partial charge in [-0.1, -0.05) is 15.9 Å². The molecule has 1 N–H and O–H groups in total. The Morgan fingerprint density at radius 2 is 2.15 bits per heavy atom. The van der Waals surface area contributed by atoms with E-state index in [4.69, 9.17) is 4.74 Å². The maximum absolute atomic E-state index is 11.8. The molecule has 20 heavy (non-hydrogen) atoms. The Labute approximate surface area is 134 Å². The van der Waals surface area contributed by atoms with Gasteiger partial charge in [0.25, 0.3) is 0 Å². The number of nitrogens with one attached hydrogen (secondary N) is 1. The molecule has 0 unspecified atom stereocenters. The second kappa shape index (κ2) is 6.45. The highest BCUT2D eigenvalue weighted by Crippen LogP contribution is 2.31. The number of aromatic nitrogens is 1. The van der Waals surface area contributed by atoms with Crippen LogP contribution in [0, 0.1) is 0 Å². The summed E-state index contributed by atoms with van der Waals surface area (Å²) in [6.45, 7) is 0.630. The summed E-state index contributed by atoms with van der Waals surface area (Å²) in [5.74, 6) is -0.373. The monoisotopic (exact) mass is 400 g/mol. The van der Waals surface area contributed by atoms with Gasteiger partial charge in [0.05, 0.1) is 18.4 Å². The first-order valence-electron chi connectivity index (χ1n) is 5.93. The lowest BCUT2D eigenvalue weighted by molar-refractivity contribution is 0.0601. The van der Waals surface area contributed by atoms with Crippen molar-refractivity contribution in [1.82, 2.24) is 4.57 Å². The molecular formula is C14H14Br2N2O2. The molecule has 2 rings (SSSR count). The summed E-state index contributed by atoms with van der Waals surface area (Å²) < 4.78 is 8.42. The van der Waals surface area contributed by atoms with Gasteiger partial charge in [-0.25, -0.2) is 4.79 Å². The second-order valence-corrected chi connectivity index (χ2v) is 6.11. The van der Waals surface area contributed by atoms with Crippen LogP contribution < -0.4 is 5.32 Å². The van der Waals surface area contributed by atoms with E-state index < -0.39 is 0 Å². The summed E-state index contributed by atoms with van der Waals surface area (Å²) in [7, 11) is 3.34. The lowest BCUT2D eigenvalue weighted by Crippen LogP contribution is -2.09. The summed E-state index contributed by atoms with van der Waals surface area (Å²) in [5.41, 5.74) is 2.35. The van der Waals surface area contributed by atoms with Gasteiger partial charge >= 0.3 is 5.97 Å². The van der Waals surface area contributed by atoms with Crippen molar-refractivity contribution in [3.8, 4) is 0 Å². The smallest absolute Gasteiger partial charge is 0.340 e. The average molecular weight is 402 g/mol. The molecule has 0 amide bonds. The first-order chi connectivity index (χ1) is 9.51. The first kappa shape index (κ1) is 15.1. The summed E-state index contributed by atoms with van der Waals surface area (Å²) in [6, 6.07) is 5.65. The van der Waals surface area contributed by atoms with Crippen molar-refractivity contribution in [1.29, 1.82) is 0 Å². The zero-order valence-corrected chi connectivity index (χ0v) is 14.3. The summed E-state index contributed by atoms with van der Waals surface area (Å²) in [5, 5.41) is 3.27. The van der Waals surface area contributed by atoms with Gasteiger partial charge in [0.2, 0.25) is 0 Å². The van der Waals surface area contributed by atoms with Gasteiger partial charge in [-0.05, 0) is 39.7 Å². The molecule has 0 radical (unpaired) electrons. The predicted octanol–water partition coefficient (Wildman–Crippen LogP) is 3.95. The van der Waals surface area contributed by atoms with Crippen LogP contribution in [0.2, 0.25) is 0 Å². The van der Waals surface area contributed by atoms with Crippen LogP contribution in [0.25, 0.3) is 0 Å². The molecule has 0 bridgehead atoms. The number of carbonyl (C=O) groups excluding carboxylic acids is 1. The van der Waals surface area contributed by atoms with E-state index in [2.05, 4.69) is 37.2 Å². The molecule has 6 heteroatoms. The Hall–Kier alpha value is -1.27. The lowest BCUT2D eigenvalue weighted by Gasteiger charge is -2.13. The highest BCUT2D eigenvalue weighted by atomic mass is 79.9. The SMILES string of the molecule is COC(=O)c1cc(Br)cc(Br)c1NCc1ccn(C)c1. The number of halogens is 2. The van der Waals surface area contributed by atoms with E-state index in [-0.39, 0.29) is 5.97 Å².